The van der Waals surface area contributed by atoms with Crippen LogP contribution in [0.15, 0.2) is 54.6 Å². The van der Waals surface area contributed by atoms with E-state index >= 15 is 0 Å². The molecular formula is C19H19NO3. The summed E-state index contributed by atoms with van der Waals surface area (Å²) < 4.78 is 0. The Morgan fingerprint density at radius 2 is 1.61 bits per heavy atom. The molecule has 2 rings (SSSR count). The van der Waals surface area contributed by atoms with Gasteiger partial charge in [0.15, 0.2) is 0 Å². The smallest absolute Gasteiger partial charge is 0.335 e. The zero-order valence-corrected chi connectivity index (χ0v) is 13.1. The summed E-state index contributed by atoms with van der Waals surface area (Å²) in [6.45, 7) is 4.27. The van der Waals surface area contributed by atoms with E-state index in [1.54, 1.807) is 18.2 Å². The first-order valence-corrected chi connectivity index (χ1v) is 7.38. The first-order chi connectivity index (χ1) is 11.0. The van der Waals surface area contributed by atoms with Crippen molar-refractivity contribution in [2.45, 2.75) is 19.8 Å². The largest absolute Gasteiger partial charge is 0.478 e. The molecule has 0 unspecified atom stereocenters. The number of carbonyl (C=O) groups excluding carboxylic acids is 1. The number of carbonyl (C=O) groups is 2. The quantitative estimate of drug-likeness (QED) is 0.815. The van der Waals surface area contributed by atoms with Crippen LogP contribution in [0.1, 0.15) is 41.3 Å². The molecule has 2 aromatic carbocycles. The van der Waals surface area contributed by atoms with Crippen molar-refractivity contribution in [1.29, 1.82) is 0 Å². The van der Waals surface area contributed by atoms with Gasteiger partial charge in [-0.25, -0.2) is 4.79 Å². The number of aromatic carboxylic acids is 1. The minimum atomic E-state index is -0.993. The van der Waals surface area contributed by atoms with Crippen molar-refractivity contribution in [1.82, 2.24) is 0 Å². The Morgan fingerprint density at radius 1 is 1.00 bits per heavy atom. The topological polar surface area (TPSA) is 66.4 Å². The van der Waals surface area contributed by atoms with Crippen molar-refractivity contribution in [3.8, 4) is 0 Å². The number of amides is 1. The summed E-state index contributed by atoms with van der Waals surface area (Å²) in [5, 5.41) is 11.5. The van der Waals surface area contributed by atoms with Crippen LogP contribution >= 0.6 is 0 Å². The Morgan fingerprint density at radius 3 is 2.13 bits per heavy atom. The van der Waals surface area contributed by atoms with Gasteiger partial charge in [0.25, 0.3) is 0 Å². The third-order valence-electron chi connectivity index (χ3n) is 3.43. The fraction of sp³-hybridized carbons (Fsp3) is 0.158. The molecule has 0 aromatic heterocycles. The van der Waals surface area contributed by atoms with E-state index < -0.39 is 5.97 Å². The monoisotopic (exact) mass is 309 g/mol. The second-order valence-electron chi connectivity index (χ2n) is 5.53. The zero-order valence-electron chi connectivity index (χ0n) is 13.1. The Labute approximate surface area is 135 Å². The average Bonchev–Trinajstić information content (AvgIpc) is 2.54. The van der Waals surface area contributed by atoms with Gasteiger partial charge in [-0.15, -0.1) is 0 Å². The lowest BCUT2D eigenvalue weighted by molar-refractivity contribution is -0.111. The molecule has 0 atom stereocenters. The van der Waals surface area contributed by atoms with Gasteiger partial charge in [0.05, 0.1) is 5.56 Å². The number of carboxylic acid groups (broad SMARTS) is 1. The molecule has 0 bridgehead atoms. The van der Waals surface area contributed by atoms with Gasteiger partial charge in [-0.2, -0.15) is 0 Å². The third kappa shape index (κ3) is 4.81. The van der Waals surface area contributed by atoms with Crippen molar-refractivity contribution in [3.05, 3.63) is 71.3 Å². The van der Waals surface area contributed by atoms with Gasteiger partial charge < -0.3 is 10.4 Å². The van der Waals surface area contributed by atoms with Gasteiger partial charge in [0, 0.05) is 11.8 Å². The highest BCUT2D eigenvalue weighted by Gasteiger charge is 2.03. The fourth-order valence-corrected chi connectivity index (χ4v) is 2.04. The molecule has 2 aromatic rings. The highest BCUT2D eigenvalue weighted by Crippen LogP contribution is 2.15. The fourth-order valence-electron chi connectivity index (χ4n) is 2.04. The van der Waals surface area contributed by atoms with Crippen LogP contribution in [0.3, 0.4) is 0 Å². The van der Waals surface area contributed by atoms with E-state index in [-0.39, 0.29) is 11.5 Å². The van der Waals surface area contributed by atoms with Crippen LogP contribution in [0.25, 0.3) is 6.08 Å². The van der Waals surface area contributed by atoms with Crippen molar-refractivity contribution in [3.63, 3.8) is 0 Å². The molecular weight excluding hydrogens is 290 g/mol. The Bertz CT molecular complexity index is 713. The molecule has 0 aliphatic carbocycles. The lowest BCUT2D eigenvalue weighted by atomic mass is 10.0. The number of carboxylic acids is 1. The predicted molar refractivity (Wildman–Crippen MR) is 91.6 cm³/mol. The Kier molecular flexibility index (Phi) is 5.31. The molecule has 0 saturated heterocycles. The van der Waals surface area contributed by atoms with Crippen LogP contribution in [-0.2, 0) is 4.79 Å². The normalized spacial score (nSPS) is 10.9. The standard InChI is InChI=1S/C19H19NO3/c1-13(2)15-6-3-14(4-7-15)5-12-18(21)20-17-10-8-16(9-11-17)19(22)23/h3-13H,1-2H3,(H,20,21)(H,22,23)/b12-5+. The number of rotatable bonds is 5. The van der Waals surface area contributed by atoms with Gasteiger partial charge in [0.1, 0.15) is 0 Å². The molecule has 0 aliphatic rings. The van der Waals surface area contributed by atoms with Crippen LogP contribution < -0.4 is 5.32 Å². The molecule has 23 heavy (non-hydrogen) atoms. The number of benzene rings is 2. The van der Waals surface area contributed by atoms with E-state index in [0.717, 1.165) is 5.56 Å². The molecule has 118 valence electrons. The lowest BCUT2D eigenvalue weighted by Gasteiger charge is -2.05. The molecule has 2 N–H and O–H groups in total. The molecule has 0 radical (unpaired) electrons. The summed E-state index contributed by atoms with van der Waals surface area (Å²) in [6, 6.07) is 14.1. The highest BCUT2D eigenvalue weighted by molar-refractivity contribution is 6.02. The second-order valence-corrected chi connectivity index (χ2v) is 5.53. The molecule has 0 fully saturated rings. The van der Waals surface area contributed by atoms with Crippen LogP contribution in [0.5, 0.6) is 0 Å². The van der Waals surface area contributed by atoms with Crippen LogP contribution in [0.4, 0.5) is 5.69 Å². The second kappa shape index (κ2) is 7.40. The molecule has 4 heteroatoms. The number of nitrogens with one attached hydrogen (secondary N) is 1. The van der Waals surface area contributed by atoms with E-state index in [4.69, 9.17) is 5.11 Å². The summed E-state index contributed by atoms with van der Waals surface area (Å²) in [6.07, 6.45) is 3.19. The van der Waals surface area contributed by atoms with Gasteiger partial charge >= 0.3 is 5.97 Å². The van der Waals surface area contributed by atoms with Gasteiger partial charge in [-0.1, -0.05) is 38.1 Å². The van der Waals surface area contributed by atoms with Crippen LogP contribution in [-0.4, -0.2) is 17.0 Å². The number of anilines is 1. The maximum Gasteiger partial charge on any atom is 0.335 e. The number of hydrogen-bond acceptors (Lipinski definition) is 2. The lowest BCUT2D eigenvalue weighted by Crippen LogP contribution is -2.08. The van der Waals surface area contributed by atoms with E-state index in [1.807, 2.05) is 24.3 Å². The summed E-state index contributed by atoms with van der Waals surface area (Å²) in [7, 11) is 0. The van der Waals surface area contributed by atoms with E-state index in [1.165, 1.54) is 23.8 Å². The summed E-state index contributed by atoms with van der Waals surface area (Å²) >= 11 is 0. The summed E-state index contributed by atoms with van der Waals surface area (Å²) in [5.74, 6) is -0.779. The first-order valence-electron chi connectivity index (χ1n) is 7.38. The maximum absolute atomic E-state index is 11.9. The Balaban J connectivity index is 1.97. The minimum Gasteiger partial charge on any atom is -0.478 e. The van der Waals surface area contributed by atoms with Crippen molar-refractivity contribution < 1.29 is 14.7 Å². The molecule has 0 aliphatic heterocycles. The highest BCUT2D eigenvalue weighted by atomic mass is 16.4. The average molecular weight is 309 g/mol. The SMILES string of the molecule is CC(C)c1ccc(/C=C/C(=O)Nc2ccc(C(=O)O)cc2)cc1. The molecule has 0 spiro atoms. The number of hydrogen-bond donors (Lipinski definition) is 2. The summed E-state index contributed by atoms with van der Waals surface area (Å²) in [5.41, 5.74) is 2.94. The first kappa shape index (κ1) is 16.5. The van der Waals surface area contributed by atoms with Crippen molar-refractivity contribution in [2.75, 3.05) is 5.32 Å². The predicted octanol–water partition coefficient (Wildman–Crippen LogP) is 4.16. The third-order valence-corrected chi connectivity index (χ3v) is 3.43. The molecule has 0 saturated carbocycles. The van der Waals surface area contributed by atoms with E-state index in [0.29, 0.717) is 11.6 Å². The van der Waals surface area contributed by atoms with Crippen LogP contribution in [0, 0.1) is 0 Å². The zero-order chi connectivity index (χ0) is 16.8. The van der Waals surface area contributed by atoms with Gasteiger partial charge in [0.2, 0.25) is 5.91 Å². The van der Waals surface area contributed by atoms with E-state index in [9.17, 15) is 9.59 Å². The molecule has 1 amide bonds. The van der Waals surface area contributed by atoms with Crippen molar-refractivity contribution >= 4 is 23.6 Å². The van der Waals surface area contributed by atoms with E-state index in [2.05, 4.69) is 19.2 Å². The molecule has 4 nitrogen and oxygen atoms in total. The molecule has 0 heterocycles. The Hall–Kier alpha value is -2.88. The summed E-state index contributed by atoms with van der Waals surface area (Å²) in [4.78, 5) is 22.6. The van der Waals surface area contributed by atoms with Gasteiger partial charge in [-0.3, -0.25) is 4.79 Å². The van der Waals surface area contributed by atoms with Crippen LogP contribution in [0.2, 0.25) is 0 Å². The van der Waals surface area contributed by atoms with Gasteiger partial charge in [-0.05, 0) is 47.4 Å². The van der Waals surface area contributed by atoms with Crippen molar-refractivity contribution in [2.24, 2.45) is 0 Å². The minimum absolute atomic E-state index is 0.184. The maximum atomic E-state index is 11.9.